The number of rotatable bonds is 8. The number of nitrogens with zero attached hydrogens (tertiary/aromatic N) is 3. The third-order valence-corrected chi connectivity index (χ3v) is 6.20. The Morgan fingerprint density at radius 1 is 1.15 bits per heavy atom. The maximum absolute atomic E-state index is 13.2. The highest BCUT2D eigenvalue weighted by molar-refractivity contribution is 6.31. The first-order chi connectivity index (χ1) is 16.3. The van der Waals surface area contributed by atoms with Gasteiger partial charge >= 0.3 is 5.69 Å². The van der Waals surface area contributed by atoms with E-state index in [9.17, 15) is 19.2 Å². The molecular formula is C23H27ClN6O4. The zero-order valence-corrected chi connectivity index (χ0v) is 19.7. The second-order valence-electron chi connectivity index (χ2n) is 8.62. The molecule has 3 aromatic rings. The molecule has 3 N–H and O–H groups in total. The average Bonchev–Trinajstić information content (AvgIpc) is 3.45. The van der Waals surface area contributed by atoms with E-state index >= 15 is 0 Å². The Balaban J connectivity index is 1.56. The molecule has 0 atom stereocenters. The molecule has 180 valence electrons. The normalized spacial score (nSPS) is 13.9. The van der Waals surface area contributed by atoms with Crippen LogP contribution in [0.25, 0.3) is 10.9 Å². The van der Waals surface area contributed by atoms with Gasteiger partial charge in [0.05, 0.1) is 10.9 Å². The third kappa shape index (κ3) is 5.39. The highest BCUT2D eigenvalue weighted by atomic mass is 35.5. The number of aryl methyl sites for hydroxylation is 1. The molecule has 1 aliphatic rings. The van der Waals surface area contributed by atoms with E-state index in [4.69, 9.17) is 11.6 Å². The zero-order valence-electron chi connectivity index (χ0n) is 18.9. The van der Waals surface area contributed by atoms with Gasteiger partial charge in [0, 0.05) is 35.8 Å². The van der Waals surface area contributed by atoms with Crippen LogP contribution in [0.1, 0.15) is 44.2 Å². The number of benzene rings is 1. The largest absolute Gasteiger partial charge is 0.353 e. The lowest BCUT2D eigenvalue weighted by molar-refractivity contribution is -0.122. The fraction of sp³-hybridized carbons (Fsp3) is 0.435. The molecule has 34 heavy (non-hydrogen) atoms. The molecule has 0 bridgehead atoms. The van der Waals surface area contributed by atoms with Crippen LogP contribution in [-0.2, 0) is 22.7 Å². The monoisotopic (exact) mass is 486 g/mol. The maximum Gasteiger partial charge on any atom is 0.331 e. The van der Waals surface area contributed by atoms with Gasteiger partial charge in [0.15, 0.2) is 5.82 Å². The first-order valence-corrected chi connectivity index (χ1v) is 11.7. The molecule has 2 amide bonds. The number of anilines is 1. The lowest BCUT2D eigenvalue weighted by Gasteiger charge is -2.15. The molecule has 4 rings (SSSR count). The maximum atomic E-state index is 13.2. The molecule has 11 heteroatoms. The predicted octanol–water partition coefficient (Wildman–Crippen LogP) is 2.33. The minimum atomic E-state index is -0.621. The Hall–Kier alpha value is -3.40. The number of fused-ring (bicyclic) bond motifs is 1. The van der Waals surface area contributed by atoms with Gasteiger partial charge in [-0.05, 0) is 44.4 Å². The number of halogens is 1. The van der Waals surface area contributed by atoms with Gasteiger partial charge in [0.25, 0.3) is 5.56 Å². The summed E-state index contributed by atoms with van der Waals surface area (Å²) in [5.41, 5.74) is -0.0382. The average molecular weight is 487 g/mol. The molecule has 0 unspecified atom stereocenters. The summed E-state index contributed by atoms with van der Waals surface area (Å²) in [6.07, 6.45) is 4.73. The van der Waals surface area contributed by atoms with E-state index in [0.717, 1.165) is 35.9 Å². The van der Waals surface area contributed by atoms with Crippen LogP contribution in [0.4, 0.5) is 5.82 Å². The molecule has 1 fully saturated rings. The van der Waals surface area contributed by atoms with E-state index < -0.39 is 17.2 Å². The van der Waals surface area contributed by atoms with Gasteiger partial charge in [0.2, 0.25) is 11.8 Å². The van der Waals surface area contributed by atoms with Gasteiger partial charge in [-0.2, -0.15) is 5.10 Å². The quantitative estimate of drug-likeness (QED) is 0.449. The number of aromatic nitrogens is 4. The number of amides is 2. The van der Waals surface area contributed by atoms with Gasteiger partial charge in [-0.3, -0.25) is 28.6 Å². The van der Waals surface area contributed by atoms with Gasteiger partial charge in [-0.25, -0.2) is 4.79 Å². The first kappa shape index (κ1) is 23.7. The Bertz CT molecular complexity index is 1340. The summed E-state index contributed by atoms with van der Waals surface area (Å²) in [7, 11) is 0. The second-order valence-corrected chi connectivity index (χ2v) is 9.06. The molecule has 2 aromatic heterocycles. The summed E-state index contributed by atoms with van der Waals surface area (Å²) in [6.45, 7) is 1.54. The number of hydrogen-bond acceptors (Lipinski definition) is 5. The molecule has 2 heterocycles. The summed E-state index contributed by atoms with van der Waals surface area (Å²) in [6, 6.07) is 6.47. The second kappa shape index (κ2) is 10.3. The van der Waals surface area contributed by atoms with Crippen LogP contribution in [0.5, 0.6) is 0 Å². The van der Waals surface area contributed by atoms with Crippen molar-refractivity contribution >= 4 is 40.1 Å². The van der Waals surface area contributed by atoms with E-state index in [1.807, 2.05) is 0 Å². The van der Waals surface area contributed by atoms with Gasteiger partial charge in [-0.15, -0.1) is 0 Å². The van der Waals surface area contributed by atoms with E-state index in [-0.39, 0.29) is 36.8 Å². The van der Waals surface area contributed by atoms with Gasteiger partial charge < -0.3 is 10.6 Å². The number of carbonyl (C=O) groups excluding carboxylic acids is 2. The van der Waals surface area contributed by atoms with Crippen LogP contribution < -0.4 is 21.9 Å². The Morgan fingerprint density at radius 3 is 2.62 bits per heavy atom. The number of nitrogens with one attached hydrogen (secondary N) is 3. The molecule has 1 aromatic carbocycles. The van der Waals surface area contributed by atoms with Crippen LogP contribution in [-0.4, -0.2) is 37.2 Å². The fourth-order valence-electron chi connectivity index (χ4n) is 4.32. The van der Waals surface area contributed by atoms with Gasteiger partial charge in [-0.1, -0.05) is 24.4 Å². The van der Waals surface area contributed by atoms with Crippen LogP contribution in [0, 0.1) is 6.92 Å². The fourth-order valence-corrected chi connectivity index (χ4v) is 4.49. The van der Waals surface area contributed by atoms with Gasteiger partial charge in [0.1, 0.15) is 6.54 Å². The van der Waals surface area contributed by atoms with Crippen molar-refractivity contribution in [1.29, 1.82) is 0 Å². The zero-order chi connectivity index (χ0) is 24.2. The third-order valence-electron chi connectivity index (χ3n) is 5.97. The van der Waals surface area contributed by atoms with Crippen LogP contribution >= 0.6 is 11.6 Å². The Labute approximate surface area is 200 Å². The van der Waals surface area contributed by atoms with Crippen molar-refractivity contribution in [2.75, 3.05) is 5.32 Å². The molecule has 0 aliphatic heterocycles. The first-order valence-electron chi connectivity index (χ1n) is 11.4. The SMILES string of the molecule is Cc1cc(NC(=O)Cn2c(=O)n(CCCC(=O)NC3CCCC3)c(=O)c3cc(Cl)ccc32)n[nH]1. The molecule has 0 saturated heterocycles. The standard InChI is InChI=1S/C23H27ClN6O4/c1-14-11-19(28-27-14)26-21(32)13-30-18-9-8-15(24)12-17(18)22(33)29(23(30)34)10-4-7-20(31)25-16-5-2-3-6-16/h8-9,11-12,16H,2-7,10,13H2,1H3,(H,25,31)(H2,26,27,28,32). The van der Waals surface area contributed by atoms with Crippen molar-refractivity contribution in [3.05, 3.63) is 55.8 Å². The van der Waals surface area contributed by atoms with Crippen molar-refractivity contribution in [1.82, 2.24) is 24.6 Å². The number of H-pyrrole nitrogens is 1. The van der Waals surface area contributed by atoms with Crippen molar-refractivity contribution in [2.24, 2.45) is 0 Å². The van der Waals surface area contributed by atoms with Crippen molar-refractivity contribution < 1.29 is 9.59 Å². The van der Waals surface area contributed by atoms with Crippen LogP contribution in [0.3, 0.4) is 0 Å². The van der Waals surface area contributed by atoms with Crippen molar-refractivity contribution in [3.8, 4) is 0 Å². The topological polar surface area (TPSA) is 131 Å². The lowest BCUT2D eigenvalue weighted by Crippen LogP contribution is -2.42. The molecule has 1 saturated carbocycles. The summed E-state index contributed by atoms with van der Waals surface area (Å²) >= 11 is 6.10. The Kier molecular flexibility index (Phi) is 7.16. The van der Waals surface area contributed by atoms with E-state index in [2.05, 4.69) is 20.8 Å². The smallest absolute Gasteiger partial charge is 0.331 e. The van der Waals surface area contributed by atoms with Crippen molar-refractivity contribution in [3.63, 3.8) is 0 Å². The summed E-state index contributed by atoms with van der Waals surface area (Å²) in [4.78, 5) is 51.2. The summed E-state index contributed by atoms with van der Waals surface area (Å²) in [5.74, 6) is -0.215. The highest BCUT2D eigenvalue weighted by Gasteiger charge is 2.19. The number of aromatic amines is 1. The molecule has 1 aliphatic carbocycles. The number of carbonyl (C=O) groups is 2. The molecule has 0 radical (unpaired) electrons. The highest BCUT2D eigenvalue weighted by Crippen LogP contribution is 2.18. The van der Waals surface area contributed by atoms with E-state index in [0.29, 0.717) is 22.8 Å². The molecule has 0 spiro atoms. The molecular weight excluding hydrogens is 460 g/mol. The van der Waals surface area contributed by atoms with Crippen molar-refractivity contribution in [2.45, 2.75) is 64.6 Å². The minimum absolute atomic E-state index is 0.0540. The molecule has 10 nitrogen and oxygen atoms in total. The minimum Gasteiger partial charge on any atom is -0.353 e. The van der Waals surface area contributed by atoms with E-state index in [1.165, 1.54) is 10.6 Å². The summed E-state index contributed by atoms with van der Waals surface area (Å²) in [5, 5.41) is 12.9. The number of hydrogen-bond donors (Lipinski definition) is 3. The predicted molar refractivity (Wildman–Crippen MR) is 129 cm³/mol. The van der Waals surface area contributed by atoms with Crippen LogP contribution in [0.2, 0.25) is 5.02 Å². The summed E-state index contributed by atoms with van der Waals surface area (Å²) < 4.78 is 2.30. The van der Waals surface area contributed by atoms with Crippen LogP contribution in [0.15, 0.2) is 33.9 Å². The van der Waals surface area contributed by atoms with E-state index in [1.54, 1.807) is 25.1 Å². The lowest BCUT2D eigenvalue weighted by atomic mass is 10.2. The Morgan fingerprint density at radius 2 is 1.91 bits per heavy atom.